The first kappa shape index (κ1) is 26.5. The van der Waals surface area contributed by atoms with Gasteiger partial charge in [-0.15, -0.1) is 0 Å². The van der Waals surface area contributed by atoms with E-state index in [0.29, 0.717) is 30.1 Å². The van der Waals surface area contributed by atoms with E-state index in [1.54, 1.807) is 30.0 Å². The maximum absolute atomic E-state index is 13.5. The molecule has 4 rings (SSSR count). The number of likely N-dealkylation sites (N-methyl/N-ethyl adjacent to an activating group) is 1. The summed E-state index contributed by atoms with van der Waals surface area (Å²) in [5, 5.41) is 0.241. The predicted octanol–water partition coefficient (Wildman–Crippen LogP) is 3.26. The summed E-state index contributed by atoms with van der Waals surface area (Å²) in [5.41, 5.74) is 2.18. The Morgan fingerprint density at radius 2 is 1.65 bits per heavy atom. The summed E-state index contributed by atoms with van der Waals surface area (Å²) in [4.78, 5) is 41.7. The summed E-state index contributed by atoms with van der Waals surface area (Å²) in [6, 6.07) is 9.57. The lowest BCUT2D eigenvalue weighted by Crippen LogP contribution is -2.39. The van der Waals surface area contributed by atoms with E-state index in [2.05, 4.69) is 0 Å². The van der Waals surface area contributed by atoms with E-state index in [1.807, 2.05) is 0 Å². The molecule has 2 aromatic carbocycles. The Balaban J connectivity index is 1.61. The highest BCUT2D eigenvalue weighted by Crippen LogP contribution is 2.29. The molecule has 1 saturated heterocycles. The fourth-order valence-corrected chi connectivity index (χ4v) is 5.62. The van der Waals surface area contributed by atoms with Crippen LogP contribution in [-0.4, -0.2) is 73.2 Å². The molecule has 37 heavy (non-hydrogen) atoms. The molecule has 196 valence electrons. The van der Waals surface area contributed by atoms with Gasteiger partial charge < -0.3 is 9.80 Å². The largest absolute Gasteiger partial charge is 0.342 e. The number of amides is 2. The van der Waals surface area contributed by atoms with E-state index >= 15 is 0 Å². The molecule has 2 amide bonds. The van der Waals surface area contributed by atoms with Crippen molar-refractivity contribution in [2.24, 2.45) is 5.92 Å². The van der Waals surface area contributed by atoms with E-state index in [1.165, 1.54) is 32.3 Å². The number of aryl methyl sites for hydroxylation is 1. The quantitative estimate of drug-likeness (QED) is 0.362. The van der Waals surface area contributed by atoms with Crippen molar-refractivity contribution in [3.63, 3.8) is 0 Å². The molecule has 1 aliphatic rings. The molecule has 1 aromatic heterocycles. The van der Waals surface area contributed by atoms with Crippen LogP contribution < -0.4 is 0 Å². The van der Waals surface area contributed by atoms with Gasteiger partial charge in [-0.2, -0.15) is 0 Å². The Kier molecular flexibility index (Phi) is 7.23. The molecular weight excluding hydrogens is 497 g/mol. The van der Waals surface area contributed by atoms with Crippen molar-refractivity contribution in [3.8, 4) is 0 Å². The van der Waals surface area contributed by atoms with Crippen LogP contribution in [0.25, 0.3) is 10.9 Å². The normalized spacial score (nSPS) is 14.7. The van der Waals surface area contributed by atoms with Crippen LogP contribution in [0.5, 0.6) is 0 Å². The number of nitrogens with zero attached hydrogens (tertiary/aromatic N) is 3. The minimum atomic E-state index is -3.77. The predicted molar refractivity (Wildman–Crippen MR) is 139 cm³/mol. The Bertz CT molecular complexity index is 1480. The summed E-state index contributed by atoms with van der Waals surface area (Å²) in [6.07, 6.45) is 4.58. The van der Waals surface area contributed by atoms with Crippen LogP contribution in [0.15, 0.2) is 42.6 Å². The van der Waals surface area contributed by atoms with Crippen molar-refractivity contribution in [2.45, 2.75) is 26.2 Å². The van der Waals surface area contributed by atoms with E-state index in [9.17, 15) is 27.2 Å². The van der Waals surface area contributed by atoms with Crippen LogP contribution in [0.3, 0.4) is 0 Å². The standard InChI is InChI=1S/C27H30FN3O5S/c1-17-13-24-22(23(16-31(24)37(4,35)36)25(32)27(34)29(2)3)15-21(17)26(33)30-11-9-19(10-12-30)14-18-5-7-20(28)8-6-18/h5-8,13,15-16,19H,9-12,14H2,1-4H3. The molecule has 10 heteroatoms. The van der Waals surface area contributed by atoms with Crippen LogP contribution in [0.1, 0.15) is 44.7 Å². The van der Waals surface area contributed by atoms with Gasteiger partial charge in [0.05, 0.1) is 17.3 Å². The van der Waals surface area contributed by atoms with Crippen LogP contribution in [0.2, 0.25) is 0 Å². The van der Waals surface area contributed by atoms with Gasteiger partial charge in [-0.25, -0.2) is 16.8 Å². The van der Waals surface area contributed by atoms with Crippen molar-refractivity contribution in [1.82, 2.24) is 13.8 Å². The fraction of sp³-hybridized carbons (Fsp3) is 0.370. The average Bonchev–Trinajstić information content (AvgIpc) is 3.22. The molecule has 0 spiro atoms. The summed E-state index contributed by atoms with van der Waals surface area (Å²) < 4.78 is 39.0. The maximum atomic E-state index is 13.5. The first-order valence-corrected chi connectivity index (χ1v) is 13.9. The van der Waals surface area contributed by atoms with Crippen LogP contribution in [0.4, 0.5) is 4.39 Å². The zero-order chi connectivity index (χ0) is 27.1. The number of aromatic nitrogens is 1. The monoisotopic (exact) mass is 527 g/mol. The lowest BCUT2D eigenvalue weighted by atomic mass is 9.89. The highest BCUT2D eigenvalue weighted by atomic mass is 32.2. The van der Waals surface area contributed by atoms with E-state index in [0.717, 1.165) is 46.2 Å². The van der Waals surface area contributed by atoms with Gasteiger partial charge in [-0.3, -0.25) is 14.4 Å². The number of hydrogen-bond donors (Lipinski definition) is 0. The van der Waals surface area contributed by atoms with E-state index < -0.39 is 21.7 Å². The molecule has 0 radical (unpaired) electrons. The number of likely N-dealkylation sites (tertiary alicyclic amines) is 1. The summed E-state index contributed by atoms with van der Waals surface area (Å²) in [5.74, 6) is -1.72. The molecule has 3 aromatic rings. The minimum absolute atomic E-state index is 0.0637. The summed E-state index contributed by atoms with van der Waals surface area (Å²) in [7, 11) is -0.891. The summed E-state index contributed by atoms with van der Waals surface area (Å²) >= 11 is 0. The van der Waals surface area contributed by atoms with Gasteiger partial charge in [0.2, 0.25) is 10.0 Å². The average molecular weight is 528 g/mol. The molecule has 0 aliphatic carbocycles. The van der Waals surface area contributed by atoms with Gasteiger partial charge in [0.25, 0.3) is 17.6 Å². The number of benzene rings is 2. The number of rotatable bonds is 6. The lowest BCUT2D eigenvalue weighted by Gasteiger charge is -2.32. The second-order valence-electron chi connectivity index (χ2n) is 9.88. The van der Waals surface area contributed by atoms with Gasteiger partial charge in [0, 0.05) is 44.3 Å². The van der Waals surface area contributed by atoms with Crippen molar-refractivity contribution in [2.75, 3.05) is 33.4 Å². The first-order valence-electron chi connectivity index (χ1n) is 12.0. The molecule has 0 bridgehead atoms. The number of fused-ring (bicyclic) bond motifs is 1. The smallest absolute Gasteiger partial charge is 0.294 e. The van der Waals surface area contributed by atoms with E-state index in [4.69, 9.17) is 0 Å². The van der Waals surface area contributed by atoms with Gasteiger partial charge in [-0.05, 0) is 67.5 Å². The highest BCUT2D eigenvalue weighted by Gasteiger charge is 2.29. The molecule has 0 saturated carbocycles. The lowest BCUT2D eigenvalue weighted by molar-refractivity contribution is -0.124. The highest BCUT2D eigenvalue weighted by molar-refractivity contribution is 7.89. The van der Waals surface area contributed by atoms with Crippen molar-refractivity contribution >= 4 is 38.5 Å². The zero-order valence-corrected chi connectivity index (χ0v) is 22.1. The molecule has 0 N–H and O–H groups in total. The Hall–Kier alpha value is -3.53. The molecule has 8 nitrogen and oxygen atoms in total. The van der Waals surface area contributed by atoms with Crippen LogP contribution in [-0.2, 0) is 21.2 Å². The molecular formula is C27H30FN3O5S. The summed E-state index contributed by atoms with van der Waals surface area (Å²) in [6.45, 7) is 2.83. The van der Waals surface area contributed by atoms with Gasteiger partial charge in [-0.1, -0.05) is 12.1 Å². The number of piperidine rings is 1. The van der Waals surface area contributed by atoms with Crippen molar-refractivity contribution < 1.29 is 27.2 Å². The van der Waals surface area contributed by atoms with Gasteiger partial charge in [0.1, 0.15) is 5.82 Å². The topological polar surface area (TPSA) is 96.8 Å². The third kappa shape index (κ3) is 5.44. The number of halogens is 1. The van der Waals surface area contributed by atoms with Gasteiger partial charge >= 0.3 is 0 Å². The van der Waals surface area contributed by atoms with Crippen molar-refractivity contribution in [1.29, 1.82) is 0 Å². The second-order valence-corrected chi connectivity index (χ2v) is 11.7. The first-order chi connectivity index (χ1) is 17.4. The third-order valence-corrected chi connectivity index (χ3v) is 7.91. The zero-order valence-electron chi connectivity index (χ0n) is 21.3. The number of hydrogen-bond acceptors (Lipinski definition) is 5. The van der Waals surface area contributed by atoms with Crippen molar-refractivity contribution in [3.05, 3.63) is 70.7 Å². The van der Waals surface area contributed by atoms with Gasteiger partial charge in [0.15, 0.2) is 0 Å². The molecule has 0 atom stereocenters. The second kappa shape index (κ2) is 10.1. The Morgan fingerprint density at radius 3 is 2.22 bits per heavy atom. The maximum Gasteiger partial charge on any atom is 0.294 e. The minimum Gasteiger partial charge on any atom is -0.342 e. The SMILES string of the molecule is Cc1cc2c(cc1C(=O)N1CCC(Cc3ccc(F)cc3)CC1)c(C(=O)C(=O)N(C)C)cn2S(C)(=O)=O. The number of Topliss-reactive ketones (excluding diaryl/α,β-unsaturated/α-hetero) is 1. The number of ketones is 1. The Labute approximate surface area is 215 Å². The van der Waals surface area contributed by atoms with Crippen LogP contribution >= 0.6 is 0 Å². The molecule has 1 aliphatic heterocycles. The molecule has 0 unspecified atom stereocenters. The Morgan fingerprint density at radius 1 is 1.03 bits per heavy atom. The third-order valence-electron chi connectivity index (χ3n) is 6.89. The molecule has 2 heterocycles. The van der Waals surface area contributed by atoms with E-state index in [-0.39, 0.29) is 28.2 Å². The van der Waals surface area contributed by atoms with Crippen LogP contribution in [0, 0.1) is 18.7 Å². The number of carbonyl (C=O) groups is 3. The molecule has 1 fully saturated rings. The fourth-order valence-electron chi connectivity index (χ4n) is 4.82. The number of carbonyl (C=O) groups excluding carboxylic acids is 3.